The van der Waals surface area contributed by atoms with Gasteiger partial charge < -0.3 is 10.3 Å². The van der Waals surface area contributed by atoms with Gasteiger partial charge >= 0.3 is 0 Å². The average Bonchev–Trinajstić information content (AvgIpc) is 2.93. The van der Waals surface area contributed by atoms with Crippen LogP contribution in [-0.2, 0) is 6.54 Å². The van der Waals surface area contributed by atoms with Crippen molar-refractivity contribution in [2.45, 2.75) is 19.5 Å². The van der Waals surface area contributed by atoms with Crippen molar-refractivity contribution < 1.29 is 0 Å². The molecule has 2 N–H and O–H groups in total. The number of nitrogens with zero attached hydrogens (tertiary/aromatic N) is 1. The van der Waals surface area contributed by atoms with E-state index < -0.39 is 0 Å². The van der Waals surface area contributed by atoms with Crippen molar-refractivity contribution in [1.29, 1.82) is 0 Å². The fraction of sp³-hybridized carbons (Fsp3) is 0.188. The van der Waals surface area contributed by atoms with Crippen LogP contribution >= 0.6 is 0 Å². The number of aromatic amines is 1. The van der Waals surface area contributed by atoms with Crippen LogP contribution in [0.5, 0.6) is 0 Å². The maximum atomic E-state index is 4.36. The first-order chi connectivity index (χ1) is 9.33. The highest BCUT2D eigenvalue weighted by molar-refractivity contribution is 5.79. The Hall–Kier alpha value is -2.13. The third-order valence-corrected chi connectivity index (χ3v) is 3.36. The molecule has 3 heteroatoms. The van der Waals surface area contributed by atoms with Gasteiger partial charge in [-0.05, 0) is 42.1 Å². The lowest BCUT2D eigenvalue weighted by Crippen LogP contribution is -2.18. The quantitative estimate of drug-likeness (QED) is 0.746. The van der Waals surface area contributed by atoms with Crippen LogP contribution in [-0.4, -0.2) is 9.97 Å². The predicted molar refractivity (Wildman–Crippen MR) is 77.8 cm³/mol. The molecule has 0 fully saturated rings. The summed E-state index contributed by atoms with van der Waals surface area (Å²) in [6.45, 7) is 2.97. The van der Waals surface area contributed by atoms with E-state index in [1.165, 1.54) is 16.5 Å². The molecular formula is C16H17N3. The molecule has 3 nitrogen and oxygen atoms in total. The molecule has 0 radical (unpaired) electrons. The van der Waals surface area contributed by atoms with Crippen LogP contribution in [0.15, 0.2) is 54.9 Å². The highest BCUT2D eigenvalue weighted by Crippen LogP contribution is 2.15. The summed E-state index contributed by atoms with van der Waals surface area (Å²) in [5.41, 5.74) is 3.53. The number of hydrogen-bond acceptors (Lipinski definition) is 2. The summed E-state index contributed by atoms with van der Waals surface area (Å²) in [7, 11) is 0. The lowest BCUT2D eigenvalue weighted by Gasteiger charge is -2.13. The molecule has 2 heterocycles. The van der Waals surface area contributed by atoms with E-state index in [2.05, 4.69) is 46.5 Å². The zero-order chi connectivity index (χ0) is 13.1. The maximum Gasteiger partial charge on any atom is 0.0570 e. The predicted octanol–water partition coefficient (Wildman–Crippen LogP) is 3.41. The number of H-pyrrole nitrogens is 1. The number of benzene rings is 1. The normalized spacial score (nSPS) is 12.7. The van der Waals surface area contributed by atoms with E-state index in [4.69, 9.17) is 0 Å². The van der Waals surface area contributed by atoms with Crippen LogP contribution < -0.4 is 5.32 Å². The molecule has 0 aliphatic heterocycles. The number of nitrogens with one attached hydrogen (secondary N) is 2. The minimum atomic E-state index is 0.250. The first kappa shape index (κ1) is 11.9. The molecule has 0 amide bonds. The van der Waals surface area contributed by atoms with Gasteiger partial charge in [0.2, 0.25) is 0 Å². The van der Waals surface area contributed by atoms with E-state index in [0.29, 0.717) is 0 Å². The summed E-state index contributed by atoms with van der Waals surface area (Å²) in [6.07, 6.45) is 3.80. The van der Waals surface area contributed by atoms with Gasteiger partial charge in [0.25, 0.3) is 0 Å². The summed E-state index contributed by atoms with van der Waals surface area (Å²) in [5, 5.41) is 4.75. The Bertz CT molecular complexity index is 658. The molecule has 0 aliphatic carbocycles. The Balaban J connectivity index is 1.68. The number of hydrogen-bond donors (Lipinski definition) is 2. The van der Waals surface area contributed by atoms with E-state index in [0.717, 1.165) is 12.2 Å². The Morgan fingerprint density at radius 2 is 2.16 bits per heavy atom. The summed E-state index contributed by atoms with van der Waals surface area (Å²) in [5.74, 6) is 0. The van der Waals surface area contributed by atoms with Gasteiger partial charge in [-0.3, -0.25) is 4.98 Å². The van der Waals surface area contributed by atoms with Crippen LogP contribution in [0, 0.1) is 0 Å². The Kier molecular flexibility index (Phi) is 3.29. The lowest BCUT2D eigenvalue weighted by atomic mass is 10.1. The van der Waals surface area contributed by atoms with Gasteiger partial charge in [0.15, 0.2) is 0 Å². The number of aromatic nitrogens is 2. The monoisotopic (exact) mass is 251 g/mol. The van der Waals surface area contributed by atoms with Crippen molar-refractivity contribution in [3.63, 3.8) is 0 Å². The third-order valence-electron chi connectivity index (χ3n) is 3.36. The molecule has 0 saturated carbocycles. The highest BCUT2D eigenvalue weighted by Gasteiger charge is 2.05. The van der Waals surface area contributed by atoms with Gasteiger partial charge in [-0.2, -0.15) is 0 Å². The van der Waals surface area contributed by atoms with E-state index in [1.807, 2.05) is 30.6 Å². The molecule has 3 aromatic rings. The Morgan fingerprint density at radius 1 is 1.21 bits per heavy atom. The SMILES string of the molecule is CC(NCc1ccc2cc[nH]c2c1)c1ccccn1. The molecule has 0 aliphatic rings. The van der Waals surface area contributed by atoms with Crippen LogP contribution in [0.4, 0.5) is 0 Å². The van der Waals surface area contributed by atoms with Gasteiger partial charge in [0.1, 0.15) is 0 Å². The highest BCUT2D eigenvalue weighted by atomic mass is 14.9. The molecule has 0 bridgehead atoms. The summed E-state index contributed by atoms with van der Waals surface area (Å²) in [4.78, 5) is 7.60. The van der Waals surface area contributed by atoms with Crippen LogP contribution in [0.3, 0.4) is 0 Å². The number of pyridine rings is 1. The number of rotatable bonds is 4. The molecule has 96 valence electrons. The second kappa shape index (κ2) is 5.24. The smallest absolute Gasteiger partial charge is 0.0570 e. The second-order valence-corrected chi connectivity index (χ2v) is 4.76. The standard InChI is InChI=1S/C16H17N3/c1-12(15-4-2-3-8-17-15)19-11-13-5-6-14-7-9-18-16(14)10-13/h2-10,12,18-19H,11H2,1H3. The molecular weight excluding hydrogens is 234 g/mol. The van der Waals surface area contributed by atoms with Crippen molar-refractivity contribution >= 4 is 10.9 Å². The van der Waals surface area contributed by atoms with Crippen molar-refractivity contribution in [3.05, 3.63) is 66.1 Å². The van der Waals surface area contributed by atoms with E-state index in [-0.39, 0.29) is 6.04 Å². The van der Waals surface area contributed by atoms with Gasteiger partial charge in [0, 0.05) is 30.5 Å². The lowest BCUT2D eigenvalue weighted by molar-refractivity contribution is 0.562. The van der Waals surface area contributed by atoms with E-state index in [9.17, 15) is 0 Å². The van der Waals surface area contributed by atoms with Crippen molar-refractivity contribution in [1.82, 2.24) is 15.3 Å². The van der Waals surface area contributed by atoms with Gasteiger partial charge in [-0.1, -0.05) is 18.2 Å². The Labute approximate surface area is 112 Å². The van der Waals surface area contributed by atoms with Crippen LogP contribution in [0.25, 0.3) is 10.9 Å². The minimum Gasteiger partial charge on any atom is -0.361 e. The summed E-state index contributed by atoms with van der Waals surface area (Å²) >= 11 is 0. The van der Waals surface area contributed by atoms with E-state index >= 15 is 0 Å². The zero-order valence-corrected chi connectivity index (χ0v) is 10.9. The largest absolute Gasteiger partial charge is 0.361 e. The fourth-order valence-corrected chi connectivity index (χ4v) is 2.21. The zero-order valence-electron chi connectivity index (χ0n) is 10.9. The molecule has 1 aromatic carbocycles. The minimum absolute atomic E-state index is 0.250. The molecule has 19 heavy (non-hydrogen) atoms. The van der Waals surface area contributed by atoms with Gasteiger partial charge in [-0.25, -0.2) is 0 Å². The summed E-state index contributed by atoms with van der Waals surface area (Å²) < 4.78 is 0. The molecule has 2 aromatic heterocycles. The second-order valence-electron chi connectivity index (χ2n) is 4.76. The molecule has 1 atom stereocenters. The number of fused-ring (bicyclic) bond motifs is 1. The fourth-order valence-electron chi connectivity index (χ4n) is 2.21. The van der Waals surface area contributed by atoms with Crippen molar-refractivity contribution in [2.24, 2.45) is 0 Å². The van der Waals surface area contributed by atoms with Crippen molar-refractivity contribution in [2.75, 3.05) is 0 Å². The molecule has 0 saturated heterocycles. The van der Waals surface area contributed by atoms with Crippen LogP contribution in [0.1, 0.15) is 24.2 Å². The average molecular weight is 251 g/mol. The van der Waals surface area contributed by atoms with Gasteiger partial charge in [-0.15, -0.1) is 0 Å². The van der Waals surface area contributed by atoms with E-state index in [1.54, 1.807) is 0 Å². The third kappa shape index (κ3) is 2.66. The topological polar surface area (TPSA) is 40.7 Å². The summed E-state index contributed by atoms with van der Waals surface area (Å²) in [6, 6.07) is 14.8. The molecule has 0 spiro atoms. The first-order valence-electron chi connectivity index (χ1n) is 6.53. The molecule has 3 rings (SSSR count). The van der Waals surface area contributed by atoms with Gasteiger partial charge in [0.05, 0.1) is 5.69 Å². The Morgan fingerprint density at radius 3 is 3.00 bits per heavy atom. The van der Waals surface area contributed by atoms with Crippen molar-refractivity contribution in [3.8, 4) is 0 Å². The molecule has 1 unspecified atom stereocenters. The maximum absolute atomic E-state index is 4.36. The van der Waals surface area contributed by atoms with Crippen LogP contribution in [0.2, 0.25) is 0 Å². The first-order valence-corrected chi connectivity index (χ1v) is 6.53.